The van der Waals surface area contributed by atoms with E-state index in [1.165, 1.54) is 24.1 Å². The van der Waals surface area contributed by atoms with Gasteiger partial charge in [-0.2, -0.15) is 0 Å². The number of carbonyl (C=O) groups excluding carboxylic acids is 1. The predicted molar refractivity (Wildman–Crippen MR) is 86.3 cm³/mol. The molecule has 1 aliphatic rings. The molecule has 126 valence electrons. The van der Waals surface area contributed by atoms with E-state index in [0.717, 1.165) is 5.56 Å². The van der Waals surface area contributed by atoms with Gasteiger partial charge in [-0.3, -0.25) is 9.78 Å². The molecule has 24 heavy (non-hydrogen) atoms. The Hall–Kier alpha value is -2.47. The van der Waals surface area contributed by atoms with Gasteiger partial charge in [0.25, 0.3) is 5.91 Å². The van der Waals surface area contributed by atoms with Crippen molar-refractivity contribution in [1.29, 1.82) is 0 Å². The van der Waals surface area contributed by atoms with Crippen molar-refractivity contribution in [3.8, 4) is 5.75 Å². The number of benzene rings is 1. The minimum Gasteiger partial charge on any atom is -0.494 e. The Kier molecular flexibility index (Phi) is 4.76. The fraction of sp³-hybridized carbons (Fsp3) is 0.333. The average molecular weight is 330 g/mol. The smallest absolute Gasteiger partial charge is 0.257 e. The number of amides is 1. The van der Waals surface area contributed by atoms with Crippen molar-refractivity contribution in [3.05, 3.63) is 59.7 Å². The van der Waals surface area contributed by atoms with Gasteiger partial charge in [0.05, 0.1) is 18.8 Å². The van der Waals surface area contributed by atoms with Crippen LogP contribution in [0, 0.1) is 11.7 Å². The summed E-state index contributed by atoms with van der Waals surface area (Å²) >= 11 is 0. The predicted octanol–water partition coefficient (Wildman–Crippen LogP) is 1.90. The van der Waals surface area contributed by atoms with Gasteiger partial charge < -0.3 is 14.7 Å². The monoisotopic (exact) mass is 330 g/mol. The first-order valence-corrected chi connectivity index (χ1v) is 7.79. The molecule has 0 unspecified atom stereocenters. The van der Waals surface area contributed by atoms with Crippen molar-refractivity contribution in [2.75, 3.05) is 20.2 Å². The number of aliphatic hydroxyl groups excluding tert-OH is 1. The molecule has 1 amide bonds. The van der Waals surface area contributed by atoms with Gasteiger partial charge in [-0.15, -0.1) is 0 Å². The molecule has 1 aliphatic heterocycles. The number of nitrogens with zero attached hydrogens (tertiary/aromatic N) is 2. The van der Waals surface area contributed by atoms with Gasteiger partial charge in [0.15, 0.2) is 11.6 Å². The van der Waals surface area contributed by atoms with Crippen molar-refractivity contribution in [1.82, 2.24) is 9.88 Å². The molecule has 2 heterocycles. The maximum absolute atomic E-state index is 14.3. The van der Waals surface area contributed by atoms with Crippen molar-refractivity contribution in [2.24, 2.45) is 5.92 Å². The molecule has 0 spiro atoms. The Morgan fingerprint density at radius 2 is 2.08 bits per heavy atom. The summed E-state index contributed by atoms with van der Waals surface area (Å²) in [6, 6.07) is 8.26. The maximum atomic E-state index is 14.3. The van der Waals surface area contributed by atoms with Crippen molar-refractivity contribution < 1.29 is 19.0 Å². The van der Waals surface area contributed by atoms with E-state index in [2.05, 4.69) is 4.98 Å². The number of methoxy groups -OCH3 is 1. The van der Waals surface area contributed by atoms with Crippen LogP contribution >= 0.6 is 0 Å². The first-order chi connectivity index (χ1) is 11.6. The molecule has 6 heteroatoms. The van der Waals surface area contributed by atoms with Crippen LogP contribution in [0.3, 0.4) is 0 Å². The normalized spacial score (nSPS) is 20.2. The number of hydrogen-bond donors (Lipinski definition) is 1. The van der Waals surface area contributed by atoms with Gasteiger partial charge in [0, 0.05) is 31.4 Å². The standard InChI is InChI=1S/C18H19FN2O3/c1-24-16-4-2-3-14(17(16)19)18(23)21-10-13(15(22)11-21)9-12-5-7-20-8-6-12/h2-8,13,15,22H,9-11H2,1H3/t13-,15-/m1/s1. The Morgan fingerprint density at radius 1 is 1.33 bits per heavy atom. The van der Waals surface area contributed by atoms with Crippen LogP contribution in [0.25, 0.3) is 0 Å². The second kappa shape index (κ2) is 6.97. The molecule has 2 atom stereocenters. The van der Waals surface area contributed by atoms with E-state index in [9.17, 15) is 14.3 Å². The van der Waals surface area contributed by atoms with E-state index in [4.69, 9.17) is 4.74 Å². The molecule has 1 aromatic heterocycles. The third-order valence-electron chi connectivity index (χ3n) is 4.35. The average Bonchev–Trinajstić information content (AvgIpc) is 2.96. The van der Waals surface area contributed by atoms with Crippen LogP contribution in [0.1, 0.15) is 15.9 Å². The highest BCUT2D eigenvalue weighted by atomic mass is 19.1. The third-order valence-corrected chi connectivity index (χ3v) is 4.35. The van der Waals surface area contributed by atoms with Crippen molar-refractivity contribution >= 4 is 5.91 Å². The van der Waals surface area contributed by atoms with E-state index < -0.39 is 17.8 Å². The van der Waals surface area contributed by atoms with Crippen LogP contribution in [0.15, 0.2) is 42.7 Å². The number of likely N-dealkylation sites (tertiary alicyclic amines) is 1. The maximum Gasteiger partial charge on any atom is 0.257 e. The largest absolute Gasteiger partial charge is 0.494 e. The minimum atomic E-state index is -0.669. The van der Waals surface area contributed by atoms with Crippen molar-refractivity contribution in [3.63, 3.8) is 0 Å². The second-order valence-electron chi connectivity index (χ2n) is 5.92. The van der Waals surface area contributed by atoms with Crippen LogP contribution in [-0.2, 0) is 6.42 Å². The summed E-state index contributed by atoms with van der Waals surface area (Å²) in [7, 11) is 1.36. The molecule has 1 N–H and O–H groups in total. The quantitative estimate of drug-likeness (QED) is 0.930. The first kappa shape index (κ1) is 16.4. The first-order valence-electron chi connectivity index (χ1n) is 7.79. The highest BCUT2D eigenvalue weighted by molar-refractivity contribution is 5.95. The molecule has 0 bridgehead atoms. The minimum absolute atomic E-state index is 0.0360. The summed E-state index contributed by atoms with van der Waals surface area (Å²) in [5.41, 5.74) is 1.02. The van der Waals surface area contributed by atoms with Gasteiger partial charge in [-0.25, -0.2) is 4.39 Å². The van der Waals surface area contributed by atoms with Gasteiger partial charge in [-0.05, 0) is 36.2 Å². The highest BCUT2D eigenvalue weighted by Gasteiger charge is 2.35. The molecule has 0 radical (unpaired) electrons. The number of ether oxygens (including phenoxy) is 1. The Morgan fingerprint density at radius 3 is 2.79 bits per heavy atom. The van der Waals surface area contributed by atoms with Crippen LogP contribution in [0.2, 0.25) is 0 Å². The number of aromatic nitrogens is 1. The molecular formula is C18H19FN2O3. The van der Waals surface area contributed by atoms with E-state index in [0.29, 0.717) is 13.0 Å². The van der Waals surface area contributed by atoms with Gasteiger partial charge in [-0.1, -0.05) is 6.07 Å². The summed E-state index contributed by atoms with van der Waals surface area (Å²) < 4.78 is 19.2. The number of pyridine rings is 1. The highest BCUT2D eigenvalue weighted by Crippen LogP contribution is 2.26. The van der Waals surface area contributed by atoms with E-state index in [1.54, 1.807) is 18.5 Å². The summed E-state index contributed by atoms with van der Waals surface area (Å²) in [6.07, 6.45) is 3.42. The molecule has 2 aromatic rings. The number of aliphatic hydroxyl groups is 1. The molecule has 0 aliphatic carbocycles. The number of halogens is 1. The summed E-state index contributed by atoms with van der Waals surface area (Å²) in [5, 5.41) is 10.3. The number of carbonyl (C=O) groups is 1. The lowest BCUT2D eigenvalue weighted by Crippen LogP contribution is -2.30. The lowest BCUT2D eigenvalue weighted by atomic mass is 9.97. The zero-order valence-electron chi connectivity index (χ0n) is 13.4. The molecule has 0 saturated carbocycles. The van der Waals surface area contributed by atoms with Crippen LogP contribution in [0.4, 0.5) is 4.39 Å². The topological polar surface area (TPSA) is 62.7 Å². The Labute approximate surface area is 139 Å². The molecule has 1 saturated heterocycles. The fourth-order valence-corrected chi connectivity index (χ4v) is 3.05. The van der Waals surface area contributed by atoms with Crippen LogP contribution < -0.4 is 4.74 Å². The number of β-amino-alcohol motifs (C(OH)–C–C–N with tert-alkyl or cyclic N) is 1. The fourth-order valence-electron chi connectivity index (χ4n) is 3.05. The zero-order chi connectivity index (χ0) is 17.1. The van der Waals surface area contributed by atoms with E-state index in [1.807, 2.05) is 12.1 Å². The third kappa shape index (κ3) is 3.23. The Balaban J connectivity index is 1.73. The molecule has 1 aromatic carbocycles. The lowest BCUT2D eigenvalue weighted by molar-refractivity contribution is 0.0759. The summed E-state index contributed by atoms with van der Waals surface area (Å²) in [5.74, 6) is -1.14. The van der Waals surface area contributed by atoms with E-state index >= 15 is 0 Å². The molecular weight excluding hydrogens is 311 g/mol. The van der Waals surface area contributed by atoms with Gasteiger partial charge >= 0.3 is 0 Å². The van der Waals surface area contributed by atoms with Gasteiger partial charge in [0.2, 0.25) is 0 Å². The molecule has 1 fully saturated rings. The Bertz CT molecular complexity index is 723. The van der Waals surface area contributed by atoms with Gasteiger partial charge in [0.1, 0.15) is 0 Å². The summed E-state index contributed by atoms with van der Waals surface area (Å²) in [6.45, 7) is 0.588. The van der Waals surface area contributed by atoms with Crippen LogP contribution in [0.5, 0.6) is 5.75 Å². The number of rotatable bonds is 4. The second-order valence-corrected chi connectivity index (χ2v) is 5.92. The zero-order valence-corrected chi connectivity index (χ0v) is 13.4. The van der Waals surface area contributed by atoms with Crippen LogP contribution in [-0.4, -0.2) is 47.2 Å². The molecule has 3 rings (SSSR count). The number of hydrogen-bond acceptors (Lipinski definition) is 4. The lowest BCUT2D eigenvalue weighted by Gasteiger charge is -2.17. The summed E-state index contributed by atoms with van der Waals surface area (Å²) in [4.78, 5) is 18.1. The SMILES string of the molecule is COc1cccc(C(=O)N2C[C@@H](Cc3ccncc3)[C@H](O)C2)c1F. The molecule has 5 nitrogen and oxygen atoms in total. The van der Waals surface area contributed by atoms with Crippen molar-refractivity contribution in [2.45, 2.75) is 12.5 Å². The van der Waals surface area contributed by atoms with E-state index in [-0.39, 0.29) is 23.8 Å².